The Morgan fingerprint density at radius 1 is 1.33 bits per heavy atom. The van der Waals surface area contributed by atoms with Gasteiger partial charge in [0.15, 0.2) is 11.5 Å². The summed E-state index contributed by atoms with van der Waals surface area (Å²) in [6.45, 7) is 6.91. The van der Waals surface area contributed by atoms with Gasteiger partial charge in [-0.05, 0) is 11.5 Å². The van der Waals surface area contributed by atoms with E-state index in [9.17, 15) is 4.79 Å². The molecule has 1 amide bonds. The highest BCUT2D eigenvalue weighted by molar-refractivity contribution is 6.00. The van der Waals surface area contributed by atoms with Crippen molar-refractivity contribution in [2.45, 2.75) is 20.8 Å². The molecule has 5 heteroatoms. The first-order valence-corrected chi connectivity index (χ1v) is 5.84. The Hall–Kier alpha value is -1.91. The van der Waals surface area contributed by atoms with Gasteiger partial charge in [0.05, 0.1) is 5.56 Å². The molecule has 0 aromatic heterocycles. The summed E-state index contributed by atoms with van der Waals surface area (Å²) in [5.41, 5.74) is 6.68. The quantitative estimate of drug-likeness (QED) is 0.785. The summed E-state index contributed by atoms with van der Waals surface area (Å²) >= 11 is 0. The van der Waals surface area contributed by atoms with Crippen molar-refractivity contribution in [1.29, 1.82) is 0 Å². The van der Waals surface area contributed by atoms with Gasteiger partial charge in [0.25, 0.3) is 5.91 Å². The molecular weight excluding hydrogens is 232 g/mol. The molecule has 5 nitrogen and oxygen atoms in total. The second-order valence-corrected chi connectivity index (χ2v) is 5.54. The van der Waals surface area contributed by atoms with E-state index in [0.717, 1.165) is 0 Å². The molecule has 0 radical (unpaired) electrons. The molecule has 1 aromatic rings. The number of ether oxygens (including phenoxy) is 2. The normalized spacial score (nSPS) is 13.5. The first kappa shape index (κ1) is 12.5. The molecule has 0 bridgehead atoms. The predicted molar refractivity (Wildman–Crippen MR) is 68.8 cm³/mol. The van der Waals surface area contributed by atoms with Crippen molar-refractivity contribution >= 4 is 11.6 Å². The highest BCUT2D eigenvalue weighted by Gasteiger charge is 2.20. The van der Waals surface area contributed by atoms with E-state index in [0.29, 0.717) is 29.3 Å². The van der Waals surface area contributed by atoms with Crippen LogP contribution in [0.2, 0.25) is 0 Å². The number of carbonyl (C=O) groups is 1. The largest absolute Gasteiger partial charge is 0.454 e. The lowest BCUT2D eigenvalue weighted by Gasteiger charge is -2.19. The highest BCUT2D eigenvalue weighted by Crippen LogP contribution is 2.35. The fourth-order valence-corrected chi connectivity index (χ4v) is 1.60. The number of fused-ring (bicyclic) bond motifs is 1. The predicted octanol–water partition coefficient (Wildman–Crippen LogP) is 1.77. The van der Waals surface area contributed by atoms with Gasteiger partial charge in [-0.1, -0.05) is 20.8 Å². The van der Waals surface area contributed by atoms with Crippen LogP contribution in [0.25, 0.3) is 0 Å². The number of rotatable bonds is 2. The SMILES string of the molecule is CC(C)(C)CNC(=O)c1cc2c(cc1N)OCO2. The summed E-state index contributed by atoms with van der Waals surface area (Å²) in [5.74, 6) is 0.950. The molecule has 0 saturated carbocycles. The topological polar surface area (TPSA) is 73.6 Å². The van der Waals surface area contributed by atoms with Gasteiger partial charge in [-0.25, -0.2) is 0 Å². The van der Waals surface area contributed by atoms with E-state index in [-0.39, 0.29) is 18.1 Å². The zero-order valence-corrected chi connectivity index (χ0v) is 10.9. The summed E-state index contributed by atoms with van der Waals surface area (Å²) < 4.78 is 10.4. The smallest absolute Gasteiger partial charge is 0.253 e. The van der Waals surface area contributed by atoms with Crippen molar-refractivity contribution in [2.75, 3.05) is 19.1 Å². The van der Waals surface area contributed by atoms with Crippen molar-refractivity contribution in [3.63, 3.8) is 0 Å². The minimum absolute atomic E-state index is 0.0285. The number of nitrogen functional groups attached to an aromatic ring is 1. The fourth-order valence-electron chi connectivity index (χ4n) is 1.60. The van der Waals surface area contributed by atoms with E-state index in [1.807, 2.05) is 0 Å². The third-order valence-corrected chi connectivity index (χ3v) is 2.57. The van der Waals surface area contributed by atoms with E-state index in [1.165, 1.54) is 0 Å². The van der Waals surface area contributed by atoms with Crippen molar-refractivity contribution < 1.29 is 14.3 Å². The van der Waals surface area contributed by atoms with Crippen molar-refractivity contribution in [1.82, 2.24) is 5.32 Å². The maximum Gasteiger partial charge on any atom is 0.253 e. The van der Waals surface area contributed by atoms with Gasteiger partial charge in [0.1, 0.15) is 0 Å². The van der Waals surface area contributed by atoms with Crippen LogP contribution in [-0.4, -0.2) is 19.2 Å². The second kappa shape index (κ2) is 4.40. The maximum atomic E-state index is 12.0. The van der Waals surface area contributed by atoms with Gasteiger partial charge in [0.2, 0.25) is 6.79 Å². The molecule has 0 aliphatic carbocycles. The Morgan fingerprint density at radius 3 is 2.56 bits per heavy atom. The Kier molecular flexibility index (Phi) is 3.07. The standard InChI is InChI=1S/C13H18N2O3/c1-13(2,3)6-15-12(16)8-4-10-11(5-9(8)14)18-7-17-10/h4-5H,6-7,14H2,1-3H3,(H,15,16). The molecule has 0 fully saturated rings. The highest BCUT2D eigenvalue weighted by atomic mass is 16.7. The van der Waals surface area contributed by atoms with Gasteiger partial charge in [-0.3, -0.25) is 4.79 Å². The first-order valence-electron chi connectivity index (χ1n) is 5.84. The number of nitrogens with two attached hydrogens (primary N) is 1. The first-order chi connectivity index (χ1) is 8.37. The van der Waals surface area contributed by atoms with Crippen LogP contribution in [0.15, 0.2) is 12.1 Å². The number of carbonyl (C=O) groups excluding carboxylic acids is 1. The molecule has 18 heavy (non-hydrogen) atoms. The fraction of sp³-hybridized carbons (Fsp3) is 0.462. The Labute approximate surface area is 106 Å². The number of hydrogen-bond acceptors (Lipinski definition) is 4. The van der Waals surface area contributed by atoms with Crippen LogP contribution < -0.4 is 20.5 Å². The Morgan fingerprint density at radius 2 is 1.94 bits per heavy atom. The molecule has 3 N–H and O–H groups in total. The molecule has 0 spiro atoms. The van der Waals surface area contributed by atoms with Crippen LogP contribution in [0, 0.1) is 5.41 Å². The summed E-state index contributed by atoms with van der Waals surface area (Å²) in [7, 11) is 0. The lowest BCUT2D eigenvalue weighted by molar-refractivity contribution is 0.0939. The zero-order valence-electron chi connectivity index (χ0n) is 10.9. The van der Waals surface area contributed by atoms with Crippen LogP contribution in [0.3, 0.4) is 0 Å². The molecule has 0 atom stereocenters. The number of anilines is 1. The monoisotopic (exact) mass is 250 g/mol. The van der Waals surface area contributed by atoms with Crippen molar-refractivity contribution in [2.24, 2.45) is 5.41 Å². The lowest BCUT2D eigenvalue weighted by atomic mass is 9.97. The van der Waals surface area contributed by atoms with E-state index >= 15 is 0 Å². The molecule has 1 aliphatic heterocycles. The van der Waals surface area contributed by atoms with Crippen LogP contribution >= 0.6 is 0 Å². The molecule has 1 heterocycles. The molecule has 0 unspecified atom stereocenters. The van der Waals surface area contributed by atoms with Crippen molar-refractivity contribution in [3.05, 3.63) is 17.7 Å². The molecule has 1 aliphatic rings. The number of amides is 1. The number of hydrogen-bond donors (Lipinski definition) is 2. The van der Waals surface area contributed by atoms with E-state index in [2.05, 4.69) is 26.1 Å². The van der Waals surface area contributed by atoms with E-state index in [1.54, 1.807) is 12.1 Å². The second-order valence-electron chi connectivity index (χ2n) is 5.54. The molecule has 98 valence electrons. The molecule has 0 saturated heterocycles. The number of benzene rings is 1. The third-order valence-electron chi connectivity index (χ3n) is 2.57. The van der Waals surface area contributed by atoms with Crippen LogP contribution in [0.1, 0.15) is 31.1 Å². The van der Waals surface area contributed by atoms with E-state index in [4.69, 9.17) is 15.2 Å². The lowest BCUT2D eigenvalue weighted by Crippen LogP contribution is -2.32. The van der Waals surface area contributed by atoms with Crippen LogP contribution in [0.4, 0.5) is 5.69 Å². The molecule has 1 aromatic carbocycles. The summed E-state index contributed by atoms with van der Waals surface area (Å²) in [4.78, 5) is 12.0. The summed E-state index contributed by atoms with van der Waals surface area (Å²) in [6.07, 6.45) is 0. The van der Waals surface area contributed by atoms with Gasteiger partial charge in [-0.15, -0.1) is 0 Å². The average Bonchev–Trinajstić information content (AvgIpc) is 2.70. The molecule has 2 rings (SSSR count). The van der Waals surface area contributed by atoms with Gasteiger partial charge in [-0.2, -0.15) is 0 Å². The zero-order chi connectivity index (χ0) is 13.3. The van der Waals surface area contributed by atoms with Gasteiger partial charge >= 0.3 is 0 Å². The van der Waals surface area contributed by atoms with Crippen LogP contribution in [0.5, 0.6) is 11.5 Å². The van der Waals surface area contributed by atoms with E-state index < -0.39 is 0 Å². The number of nitrogens with one attached hydrogen (secondary N) is 1. The van der Waals surface area contributed by atoms with Crippen molar-refractivity contribution in [3.8, 4) is 11.5 Å². The maximum absolute atomic E-state index is 12.0. The average molecular weight is 250 g/mol. The minimum Gasteiger partial charge on any atom is -0.454 e. The molecular formula is C13H18N2O3. The minimum atomic E-state index is -0.194. The van der Waals surface area contributed by atoms with Crippen LogP contribution in [-0.2, 0) is 0 Å². The van der Waals surface area contributed by atoms with Gasteiger partial charge in [0, 0.05) is 18.3 Å². The Bertz CT molecular complexity index is 478. The summed E-state index contributed by atoms with van der Waals surface area (Å²) in [6, 6.07) is 3.24. The third kappa shape index (κ3) is 2.67. The Balaban J connectivity index is 2.16. The van der Waals surface area contributed by atoms with Gasteiger partial charge < -0.3 is 20.5 Å². The summed E-state index contributed by atoms with van der Waals surface area (Å²) in [5, 5.41) is 2.86.